The Balaban J connectivity index is 1.52. The molecule has 138 valence electrons. The minimum absolute atomic E-state index is 0.0180. The molecule has 1 saturated heterocycles. The van der Waals surface area contributed by atoms with Gasteiger partial charge in [0.2, 0.25) is 5.91 Å². The van der Waals surface area contributed by atoms with Crippen molar-refractivity contribution < 1.29 is 9.18 Å². The number of piperidine rings is 1. The van der Waals surface area contributed by atoms with Crippen LogP contribution in [-0.2, 0) is 11.2 Å². The zero-order chi connectivity index (χ0) is 18.8. The topological polar surface area (TPSA) is 61.9 Å². The van der Waals surface area contributed by atoms with E-state index in [-0.39, 0.29) is 16.8 Å². The molecule has 3 aromatic rings. The summed E-state index contributed by atoms with van der Waals surface area (Å²) in [6.45, 7) is 0.630. The largest absolute Gasteiger partial charge is 0.295 e. The fourth-order valence-corrected chi connectivity index (χ4v) is 3.56. The molecule has 1 atom stereocenters. The summed E-state index contributed by atoms with van der Waals surface area (Å²) in [4.78, 5) is 18.7. The predicted octanol–water partition coefficient (Wildman–Crippen LogP) is 4.25. The number of carbonyl (C=O) groups is 1. The summed E-state index contributed by atoms with van der Waals surface area (Å²) in [6.07, 6.45) is 5.57. The second-order valence-corrected chi connectivity index (χ2v) is 7.06. The number of hydrogen-bond donors (Lipinski definition) is 1. The Bertz CT molecular complexity index is 960. The van der Waals surface area contributed by atoms with E-state index in [1.165, 1.54) is 12.1 Å². The van der Waals surface area contributed by atoms with Crippen LogP contribution in [0.4, 0.5) is 10.2 Å². The molecule has 0 saturated carbocycles. The highest BCUT2D eigenvalue weighted by Gasteiger charge is 2.31. The number of nitrogens with zero attached hydrogens (tertiary/aromatic N) is 3. The van der Waals surface area contributed by atoms with Crippen LogP contribution in [0, 0.1) is 11.7 Å². The molecule has 5 nitrogen and oxygen atoms in total. The Morgan fingerprint density at radius 2 is 2.04 bits per heavy atom. The minimum Gasteiger partial charge on any atom is -0.295 e. The number of amides is 1. The molecule has 7 heteroatoms. The molecule has 27 heavy (non-hydrogen) atoms. The molecule has 1 aromatic carbocycles. The molecule has 1 N–H and O–H groups in total. The van der Waals surface area contributed by atoms with Crippen molar-refractivity contribution in [3.05, 3.63) is 65.2 Å². The molecule has 3 heterocycles. The molecular formula is C20H18ClFN4O. The molecule has 4 rings (SSSR count). The van der Waals surface area contributed by atoms with Gasteiger partial charge in [0.05, 0.1) is 10.7 Å². The third-order valence-corrected chi connectivity index (χ3v) is 5.15. The lowest BCUT2D eigenvalue weighted by molar-refractivity contribution is -0.123. The zero-order valence-corrected chi connectivity index (χ0v) is 15.3. The van der Waals surface area contributed by atoms with Crippen molar-refractivity contribution in [2.24, 2.45) is 5.92 Å². The van der Waals surface area contributed by atoms with Crippen LogP contribution in [0.1, 0.15) is 18.4 Å². The van der Waals surface area contributed by atoms with E-state index in [0.29, 0.717) is 18.8 Å². The fourth-order valence-electron chi connectivity index (χ4n) is 3.45. The maximum atomic E-state index is 13.7. The summed E-state index contributed by atoms with van der Waals surface area (Å²) in [5, 5.41) is 7.39. The minimum atomic E-state index is -0.455. The van der Waals surface area contributed by atoms with Crippen LogP contribution in [-0.4, -0.2) is 27.6 Å². The molecule has 0 aliphatic carbocycles. The van der Waals surface area contributed by atoms with Crippen molar-refractivity contribution in [3.63, 3.8) is 0 Å². The summed E-state index contributed by atoms with van der Waals surface area (Å²) in [7, 11) is 0. The Kier molecular flexibility index (Phi) is 4.90. The van der Waals surface area contributed by atoms with E-state index in [2.05, 4.69) is 15.2 Å². The van der Waals surface area contributed by atoms with Crippen molar-refractivity contribution in [2.45, 2.75) is 19.3 Å². The standard InChI is InChI=1S/C20H18ClFN4O/c21-16-4-3-13(11-17(16)22)10-15-2-1-9-26(20(15)27)19-12-18(24-25-19)14-5-7-23-8-6-14/h3-8,11-12,15H,1-2,9-10H2,(H,24,25)/t15-/m1/s1. The molecule has 1 fully saturated rings. The Morgan fingerprint density at radius 1 is 1.22 bits per heavy atom. The summed E-state index contributed by atoms with van der Waals surface area (Å²) in [5.41, 5.74) is 2.57. The van der Waals surface area contributed by atoms with Crippen molar-refractivity contribution >= 4 is 23.3 Å². The number of hydrogen-bond acceptors (Lipinski definition) is 3. The summed E-state index contributed by atoms with van der Waals surface area (Å²) in [5.74, 6) is -0.0211. The molecule has 0 unspecified atom stereocenters. The van der Waals surface area contributed by atoms with E-state index < -0.39 is 5.82 Å². The van der Waals surface area contributed by atoms with Crippen LogP contribution < -0.4 is 4.90 Å². The van der Waals surface area contributed by atoms with E-state index >= 15 is 0 Å². The van der Waals surface area contributed by atoms with Gasteiger partial charge in [-0.05, 0) is 49.1 Å². The van der Waals surface area contributed by atoms with Gasteiger partial charge in [-0.15, -0.1) is 0 Å². The van der Waals surface area contributed by atoms with Gasteiger partial charge in [0.1, 0.15) is 5.82 Å². The van der Waals surface area contributed by atoms with E-state index in [4.69, 9.17) is 11.6 Å². The Labute approximate surface area is 161 Å². The first-order chi connectivity index (χ1) is 13.1. The van der Waals surface area contributed by atoms with Gasteiger partial charge in [0.15, 0.2) is 5.82 Å². The van der Waals surface area contributed by atoms with E-state index in [9.17, 15) is 9.18 Å². The Morgan fingerprint density at radius 3 is 2.81 bits per heavy atom. The van der Waals surface area contributed by atoms with Crippen molar-refractivity contribution in [1.82, 2.24) is 15.2 Å². The van der Waals surface area contributed by atoms with Gasteiger partial charge in [-0.3, -0.25) is 19.8 Å². The Hall–Kier alpha value is -2.73. The SMILES string of the molecule is O=C1[C@@H](Cc2ccc(Cl)c(F)c2)CCCN1c1cc(-c2ccncc2)[nH]n1. The number of H-pyrrole nitrogens is 1. The highest BCUT2D eigenvalue weighted by atomic mass is 35.5. The smallest absolute Gasteiger partial charge is 0.231 e. The highest BCUT2D eigenvalue weighted by Crippen LogP contribution is 2.29. The van der Waals surface area contributed by atoms with Crippen molar-refractivity contribution in [3.8, 4) is 11.3 Å². The molecule has 1 aliphatic rings. The normalized spacial score (nSPS) is 17.3. The molecule has 0 bridgehead atoms. The molecule has 1 amide bonds. The molecule has 2 aromatic heterocycles. The van der Waals surface area contributed by atoms with Crippen LogP contribution in [0.25, 0.3) is 11.3 Å². The maximum Gasteiger partial charge on any atom is 0.231 e. The second-order valence-electron chi connectivity index (χ2n) is 6.66. The lowest BCUT2D eigenvalue weighted by Gasteiger charge is -2.30. The number of aromatic nitrogens is 3. The number of nitrogens with one attached hydrogen (secondary N) is 1. The number of anilines is 1. The average molecular weight is 385 g/mol. The van der Waals surface area contributed by atoms with Crippen molar-refractivity contribution in [1.29, 1.82) is 0 Å². The third kappa shape index (κ3) is 3.71. The van der Waals surface area contributed by atoms with Crippen LogP contribution in [0.5, 0.6) is 0 Å². The summed E-state index contributed by atoms with van der Waals surface area (Å²) < 4.78 is 13.7. The first-order valence-corrected chi connectivity index (χ1v) is 9.21. The van der Waals surface area contributed by atoms with Gasteiger partial charge in [0, 0.05) is 36.5 Å². The van der Waals surface area contributed by atoms with Crippen LogP contribution in [0.15, 0.2) is 48.8 Å². The first-order valence-electron chi connectivity index (χ1n) is 8.83. The lowest BCUT2D eigenvalue weighted by Crippen LogP contribution is -2.42. The number of halogens is 2. The maximum absolute atomic E-state index is 13.7. The average Bonchev–Trinajstić information content (AvgIpc) is 3.17. The van der Waals surface area contributed by atoms with Crippen LogP contribution in [0.2, 0.25) is 5.02 Å². The van der Waals surface area contributed by atoms with Gasteiger partial charge >= 0.3 is 0 Å². The van der Waals surface area contributed by atoms with E-state index in [1.807, 2.05) is 18.2 Å². The van der Waals surface area contributed by atoms with Gasteiger partial charge in [-0.1, -0.05) is 17.7 Å². The fraction of sp³-hybridized carbons (Fsp3) is 0.250. The lowest BCUT2D eigenvalue weighted by atomic mass is 9.90. The van der Waals surface area contributed by atoms with Gasteiger partial charge in [-0.25, -0.2) is 4.39 Å². The first kappa shape index (κ1) is 17.7. The molecular weight excluding hydrogens is 367 g/mol. The molecule has 0 radical (unpaired) electrons. The summed E-state index contributed by atoms with van der Waals surface area (Å²) in [6, 6.07) is 10.3. The quantitative estimate of drug-likeness (QED) is 0.731. The number of rotatable bonds is 4. The number of pyridine rings is 1. The van der Waals surface area contributed by atoms with E-state index in [1.54, 1.807) is 23.4 Å². The van der Waals surface area contributed by atoms with Crippen LogP contribution >= 0.6 is 11.6 Å². The highest BCUT2D eigenvalue weighted by molar-refractivity contribution is 6.30. The number of aromatic amines is 1. The van der Waals surface area contributed by atoms with Crippen molar-refractivity contribution in [2.75, 3.05) is 11.4 Å². The van der Waals surface area contributed by atoms with E-state index in [0.717, 1.165) is 29.7 Å². The third-order valence-electron chi connectivity index (χ3n) is 4.85. The van der Waals surface area contributed by atoms with Crippen LogP contribution in [0.3, 0.4) is 0 Å². The molecule has 0 spiro atoms. The number of carbonyl (C=O) groups excluding carboxylic acids is 1. The summed E-state index contributed by atoms with van der Waals surface area (Å²) >= 11 is 5.74. The second kappa shape index (κ2) is 7.48. The van der Waals surface area contributed by atoms with Gasteiger partial charge in [0.25, 0.3) is 0 Å². The predicted molar refractivity (Wildman–Crippen MR) is 102 cm³/mol. The number of benzene rings is 1. The molecule has 1 aliphatic heterocycles. The monoisotopic (exact) mass is 384 g/mol. The zero-order valence-electron chi connectivity index (χ0n) is 14.5. The van der Waals surface area contributed by atoms with Gasteiger partial charge in [-0.2, -0.15) is 5.10 Å². The van der Waals surface area contributed by atoms with Gasteiger partial charge < -0.3 is 0 Å².